The second kappa shape index (κ2) is 3.35. The SMILES string of the molecule is [CH2]C(=O)c1ccc(C(N)=O)c(F)c1. The van der Waals surface area contributed by atoms with Gasteiger partial charge in [0.25, 0.3) is 5.91 Å². The number of nitrogens with two attached hydrogens (primary N) is 1. The zero-order valence-electron chi connectivity index (χ0n) is 6.71. The second-order valence-electron chi connectivity index (χ2n) is 2.48. The number of carbonyl (C=O) groups excluding carboxylic acids is 2. The van der Waals surface area contributed by atoms with Crippen molar-refractivity contribution < 1.29 is 14.0 Å². The van der Waals surface area contributed by atoms with Crippen molar-refractivity contribution in [3.63, 3.8) is 0 Å². The fourth-order valence-electron chi connectivity index (χ4n) is 0.888. The Morgan fingerprint density at radius 2 is 2.00 bits per heavy atom. The van der Waals surface area contributed by atoms with E-state index in [9.17, 15) is 14.0 Å². The van der Waals surface area contributed by atoms with Crippen LogP contribution in [0.3, 0.4) is 0 Å². The van der Waals surface area contributed by atoms with Crippen molar-refractivity contribution >= 4 is 11.7 Å². The van der Waals surface area contributed by atoms with Crippen molar-refractivity contribution in [1.82, 2.24) is 0 Å². The molecule has 0 aliphatic carbocycles. The number of rotatable bonds is 2. The molecule has 0 aliphatic rings. The van der Waals surface area contributed by atoms with Crippen LogP contribution in [0.25, 0.3) is 0 Å². The Kier molecular flexibility index (Phi) is 2.41. The molecule has 0 saturated heterocycles. The maximum absolute atomic E-state index is 13.0. The van der Waals surface area contributed by atoms with E-state index in [1.165, 1.54) is 6.07 Å². The summed E-state index contributed by atoms with van der Waals surface area (Å²) >= 11 is 0. The zero-order valence-corrected chi connectivity index (χ0v) is 6.71. The Morgan fingerprint density at radius 3 is 2.38 bits per heavy atom. The number of carbonyl (C=O) groups is 2. The molecule has 0 aliphatic heterocycles. The van der Waals surface area contributed by atoms with Crippen LogP contribution in [0.4, 0.5) is 4.39 Å². The number of amides is 1. The lowest BCUT2D eigenvalue weighted by atomic mass is 10.1. The second-order valence-corrected chi connectivity index (χ2v) is 2.48. The molecule has 0 aromatic heterocycles. The number of halogens is 1. The first kappa shape index (κ1) is 9.38. The molecule has 1 aromatic rings. The van der Waals surface area contributed by atoms with E-state index in [-0.39, 0.29) is 11.1 Å². The van der Waals surface area contributed by atoms with Gasteiger partial charge in [-0.1, -0.05) is 6.07 Å². The molecule has 13 heavy (non-hydrogen) atoms. The fourth-order valence-corrected chi connectivity index (χ4v) is 0.888. The molecular weight excluding hydrogens is 173 g/mol. The van der Waals surface area contributed by atoms with Crippen molar-refractivity contribution in [2.75, 3.05) is 0 Å². The molecular formula is C9H7FNO2. The molecule has 1 radical (unpaired) electrons. The van der Waals surface area contributed by atoms with Gasteiger partial charge in [-0.15, -0.1) is 0 Å². The van der Waals surface area contributed by atoms with Crippen LogP contribution in [-0.2, 0) is 0 Å². The summed E-state index contributed by atoms with van der Waals surface area (Å²) in [4.78, 5) is 21.3. The van der Waals surface area contributed by atoms with Gasteiger partial charge >= 0.3 is 0 Å². The molecule has 1 rings (SSSR count). The van der Waals surface area contributed by atoms with Crippen molar-refractivity contribution in [1.29, 1.82) is 0 Å². The highest BCUT2D eigenvalue weighted by molar-refractivity contribution is 6.00. The summed E-state index contributed by atoms with van der Waals surface area (Å²) in [7, 11) is 0. The average Bonchev–Trinajstić information content (AvgIpc) is 2.03. The van der Waals surface area contributed by atoms with Crippen LogP contribution in [0, 0.1) is 12.7 Å². The summed E-state index contributed by atoms with van der Waals surface area (Å²) in [5.74, 6) is -2.17. The van der Waals surface area contributed by atoms with Crippen LogP contribution in [0.15, 0.2) is 18.2 Å². The molecule has 0 fully saturated rings. The lowest BCUT2D eigenvalue weighted by molar-refractivity contribution is 0.0993. The first-order valence-corrected chi connectivity index (χ1v) is 3.48. The number of primary amides is 1. The Labute approximate surface area is 74.4 Å². The number of Topliss-reactive ketones (excluding diaryl/α,β-unsaturated/α-hetero) is 1. The molecule has 3 nitrogen and oxygen atoms in total. The molecule has 2 N–H and O–H groups in total. The molecule has 67 valence electrons. The van der Waals surface area contributed by atoms with Crippen LogP contribution in [0.2, 0.25) is 0 Å². The normalized spacial score (nSPS) is 9.69. The molecule has 1 aromatic carbocycles. The molecule has 4 heteroatoms. The number of ketones is 1. The van der Waals surface area contributed by atoms with Gasteiger partial charge < -0.3 is 5.73 Å². The van der Waals surface area contributed by atoms with Gasteiger partial charge in [0.2, 0.25) is 0 Å². The smallest absolute Gasteiger partial charge is 0.251 e. The first-order valence-electron chi connectivity index (χ1n) is 3.48. The minimum absolute atomic E-state index is 0.113. The van der Waals surface area contributed by atoms with Gasteiger partial charge in [0, 0.05) is 12.5 Å². The highest BCUT2D eigenvalue weighted by Crippen LogP contribution is 2.10. The van der Waals surface area contributed by atoms with E-state index in [0.29, 0.717) is 0 Å². The number of hydrogen-bond acceptors (Lipinski definition) is 2. The number of hydrogen-bond donors (Lipinski definition) is 1. The monoisotopic (exact) mass is 180 g/mol. The summed E-state index contributed by atoms with van der Waals surface area (Å²) in [5.41, 5.74) is 4.74. The van der Waals surface area contributed by atoms with E-state index in [0.717, 1.165) is 12.1 Å². The van der Waals surface area contributed by atoms with Crippen LogP contribution < -0.4 is 5.73 Å². The van der Waals surface area contributed by atoms with E-state index in [2.05, 4.69) is 6.92 Å². The fraction of sp³-hybridized carbons (Fsp3) is 0. The van der Waals surface area contributed by atoms with Crippen LogP contribution in [0.1, 0.15) is 20.7 Å². The zero-order chi connectivity index (χ0) is 10.0. The maximum atomic E-state index is 13.0. The Morgan fingerprint density at radius 1 is 1.38 bits per heavy atom. The molecule has 0 spiro atoms. The van der Waals surface area contributed by atoms with Crippen LogP contribution >= 0.6 is 0 Å². The highest BCUT2D eigenvalue weighted by atomic mass is 19.1. The summed E-state index contributed by atoms with van der Waals surface area (Å²) in [6.45, 7) is 3.10. The summed E-state index contributed by atoms with van der Waals surface area (Å²) in [6, 6.07) is 3.41. The minimum Gasteiger partial charge on any atom is -0.366 e. The highest BCUT2D eigenvalue weighted by Gasteiger charge is 2.09. The van der Waals surface area contributed by atoms with Crippen molar-refractivity contribution in [2.24, 2.45) is 5.73 Å². The van der Waals surface area contributed by atoms with Crippen molar-refractivity contribution in [3.05, 3.63) is 42.1 Å². The summed E-state index contributed by atoms with van der Waals surface area (Å²) < 4.78 is 13.0. The lowest BCUT2D eigenvalue weighted by Crippen LogP contribution is -2.13. The van der Waals surface area contributed by atoms with E-state index < -0.39 is 17.5 Å². The molecule has 0 bridgehead atoms. The number of benzene rings is 1. The quantitative estimate of drug-likeness (QED) is 0.688. The van der Waals surface area contributed by atoms with Crippen LogP contribution in [-0.4, -0.2) is 11.7 Å². The Hall–Kier alpha value is -1.71. The predicted octanol–water partition coefficient (Wildman–Crippen LogP) is 0.941. The molecule has 0 atom stereocenters. The van der Waals surface area contributed by atoms with Gasteiger partial charge in [0.1, 0.15) is 5.82 Å². The first-order chi connectivity index (χ1) is 6.02. The van der Waals surface area contributed by atoms with Crippen molar-refractivity contribution in [2.45, 2.75) is 0 Å². The van der Waals surface area contributed by atoms with E-state index >= 15 is 0 Å². The van der Waals surface area contributed by atoms with Gasteiger partial charge in [0.15, 0.2) is 5.78 Å². The standard InChI is InChI=1S/C9H7FNO2/c1-5(12)6-2-3-7(9(11)13)8(10)4-6/h2-4H,1H2,(H2,11,13). The van der Waals surface area contributed by atoms with E-state index in [1.54, 1.807) is 0 Å². The molecule has 0 saturated carbocycles. The average molecular weight is 180 g/mol. The molecule has 0 heterocycles. The third-order valence-electron chi connectivity index (χ3n) is 1.56. The largest absolute Gasteiger partial charge is 0.366 e. The minimum atomic E-state index is -0.861. The maximum Gasteiger partial charge on any atom is 0.251 e. The predicted molar refractivity (Wildman–Crippen MR) is 44.6 cm³/mol. The van der Waals surface area contributed by atoms with E-state index in [4.69, 9.17) is 5.73 Å². The topological polar surface area (TPSA) is 60.2 Å². The van der Waals surface area contributed by atoms with Gasteiger partial charge in [-0.05, 0) is 12.1 Å². The molecule has 0 unspecified atom stereocenters. The third kappa shape index (κ3) is 1.90. The van der Waals surface area contributed by atoms with Gasteiger partial charge in [-0.25, -0.2) is 4.39 Å². The van der Waals surface area contributed by atoms with Gasteiger partial charge in [-0.3, -0.25) is 9.59 Å². The summed E-state index contributed by atoms with van der Waals surface area (Å²) in [5, 5.41) is 0. The van der Waals surface area contributed by atoms with E-state index in [1.807, 2.05) is 0 Å². The Bertz CT molecular complexity index is 374. The molecule has 1 amide bonds. The third-order valence-corrected chi connectivity index (χ3v) is 1.56. The van der Waals surface area contributed by atoms with Crippen LogP contribution in [0.5, 0.6) is 0 Å². The van der Waals surface area contributed by atoms with Gasteiger partial charge in [0.05, 0.1) is 5.56 Å². The van der Waals surface area contributed by atoms with Gasteiger partial charge in [-0.2, -0.15) is 0 Å². The van der Waals surface area contributed by atoms with Crippen molar-refractivity contribution in [3.8, 4) is 0 Å². The summed E-state index contributed by atoms with van der Waals surface area (Å²) in [6.07, 6.45) is 0. The Balaban J connectivity index is 3.20. The lowest BCUT2D eigenvalue weighted by Gasteiger charge is -1.99.